The SMILES string of the molecule is O=C([O-])c1ccc(Cl)c(S(=O)(=O)NCc2cccnc2)c1. The van der Waals surface area contributed by atoms with E-state index < -0.39 is 16.0 Å². The van der Waals surface area contributed by atoms with Crippen LogP contribution >= 0.6 is 11.6 Å². The fraction of sp³-hybridized carbons (Fsp3) is 0.0769. The van der Waals surface area contributed by atoms with Crippen molar-refractivity contribution in [3.8, 4) is 0 Å². The van der Waals surface area contributed by atoms with E-state index in [9.17, 15) is 18.3 Å². The lowest BCUT2D eigenvalue weighted by atomic mass is 10.2. The normalized spacial score (nSPS) is 11.3. The average Bonchev–Trinajstić information content (AvgIpc) is 2.46. The molecule has 0 spiro atoms. The first-order chi connectivity index (χ1) is 9.90. The van der Waals surface area contributed by atoms with E-state index in [1.807, 2.05) is 0 Å². The van der Waals surface area contributed by atoms with Crippen LogP contribution < -0.4 is 9.83 Å². The van der Waals surface area contributed by atoms with Crippen molar-refractivity contribution in [3.05, 3.63) is 58.9 Å². The lowest BCUT2D eigenvalue weighted by Crippen LogP contribution is -2.26. The van der Waals surface area contributed by atoms with Crippen LogP contribution in [0.3, 0.4) is 0 Å². The Kier molecular flexibility index (Phi) is 4.56. The maximum Gasteiger partial charge on any atom is 0.242 e. The topological polar surface area (TPSA) is 99.2 Å². The second-order valence-corrected chi connectivity index (χ2v) is 6.26. The molecule has 21 heavy (non-hydrogen) atoms. The molecule has 8 heteroatoms. The summed E-state index contributed by atoms with van der Waals surface area (Å²) in [4.78, 5) is 14.3. The Morgan fingerprint density at radius 3 is 2.71 bits per heavy atom. The van der Waals surface area contributed by atoms with Gasteiger partial charge in [0, 0.05) is 18.9 Å². The third kappa shape index (κ3) is 3.78. The van der Waals surface area contributed by atoms with Gasteiger partial charge in [-0.05, 0) is 29.3 Å². The third-order valence-corrected chi connectivity index (χ3v) is 4.53. The van der Waals surface area contributed by atoms with Crippen LogP contribution in [0, 0.1) is 0 Å². The van der Waals surface area contributed by atoms with E-state index in [1.165, 1.54) is 18.3 Å². The zero-order valence-corrected chi connectivity index (χ0v) is 12.2. The Labute approximate surface area is 126 Å². The molecule has 6 nitrogen and oxygen atoms in total. The highest BCUT2D eigenvalue weighted by molar-refractivity contribution is 7.89. The van der Waals surface area contributed by atoms with Gasteiger partial charge >= 0.3 is 0 Å². The second kappa shape index (κ2) is 6.21. The first-order valence-electron chi connectivity index (χ1n) is 5.79. The molecular weight excluding hydrogens is 316 g/mol. The summed E-state index contributed by atoms with van der Waals surface area (Å²) >= 11 is 5.82. The summed E-state index contributed by atoms with van der Waals surface area (Å²) in [7, 11) is -3.95. The lowest BCUT2D eigenvalue weighted by Gasteiger charge is -2.10. The Morgan fingerprint density at radius 2 is 2.10 bits per heavy atom. The molecular formula is C13H10ClN2O4S-. The van der Waals surface area contributed by atoms with E-state index >= 15 is 0 Å². The Balaban J connectivity index is 2.27. The molecule has 0 aliphatic heterocycles. The molecule has 1 heterocycles. The summed E-state index contributed by atoms with van der Waals surface area (Å²) in [5.74, 6) is -1.48. The molecule has 0 unspecified atom stereocenters. The first kappa shape index (κ1) is 15.4. The van der Waals surface area contributed by atoms with Gasteiger partial charge < -0.3 is 9.90 Å². The Bertz CT molecular complexity index is 763. The van der Waals surface area contributed by atoms with Crippen LogP contribution in [-0.2, 0) is 16.6 Å². The predicted octanol–water partition coefficient (Wildman–Crippen LogP) is 0.577. The van der Waals surface area contributed by atoms with Crippen molar-refractivity contribution < 1.29 is 18.3 Å². The Morgan fingerprint density at radius 1 is 1.33 bits per heavy atom. The quantitative estimate of drug-likeness (QED) is 0.866. The monoisotopic (exact) mass is 325 g/mol. The van der Waals surface area contributed by atoms with Crippen LogP contribution in [0.15, 0.2) is 47.6 Å². The van der Waals surface area contributed by atoms with Gasteiger partial charge in [0.05, 0.1) is 11.0 Å². The number of halogens is 1. The number of aromatic nitrogens is 1. The fourth-order valence-electron chi connectivity index (χ4n) is 1.60. The molecule has 110 valence electrons. The summed E-state index contributed by atoms with van der Waals surface area (Å²) < 4.78 is 26.7. The maximum atomic E-state index is 12.2. The molecule has 0 saturated carbocycles. The number of carboxylic acid groups (broad SMARTS) is 1. The highest BCUT2D eigenvalue weighted by atomic mass is 35.5. The number of aromatic carboxylic acids is 1. The van der Waals surface area contributed by atoms with Crippen molar-refractivity contribution in [1.29, 1.82) is 0 Å². The van der Waals surface area contributed by atoms with E-state index in [4.69, 9.17) is 11.6 Å². The number of hydrogen-bond acceptors (Lipinski definition) is 5. The van der Waals surface area contributed by atoms with Crippen LogP contribution in [0.5, 0.6) is 0 Å². The van der Waals surface area contributed by atoms with E-state index in [0.29, 0.717) is 5.56 Å². The highest BCUT2D eigenvalue weighted by Gasteiger charge is 2.18. The van der Waals surface area contributed by atoms with Crippen LogP contribution in [0.4, 0.5) is 0 Å². The molecule has 0 aliphatic rings. The van der Waals surface area contributed by atoms with Gasteiger partial charge in [-0.15, -0.1) is 0 Å². The van der Waals surface area contributed by atoms with E-state index in [1.54, 1.807) is 18.3 Å². The molecule has 1 aromatic heterocycles. The van der Waals surface area contributed by atoms with E-state index in [0.717, 1.165) is 6.07 Å². The van der Waals surface area contributed by atoms with Crippen molar-refractivity contribution >= 4 is 27.6 Å². The van der Waals surface area contributed by atoms with Crippen molar-refractivity contribution in [2.45, 2.75) is 11.4 Å². The first-order valence-corrected chi connectivity index (χ1v) is 7.66. The highest BCUT2D eigenvalue weighted by Crippen LogP contribution is 2.22. The van der Waals surface area contributed by atoms with E-state index in [-0.39, 0.29) is 22.0 Å². The molecule has 0 aliphatic carbocycles. The fourth-order valence-corrected chi connectivity index (χ4v) is 3.14. The Hall–Kier alpha value is -1.96. The lowest BCUT2D eigenvalue weighted by molar-refractivity contribution is -0.255. The van der Waals surface area contributed by atoms with Gasteiger partial charge in [0.15, 0.2) is 0 Å². The maximum absolute atomic E-state index is 12.2. The smallest absolute Gasteiger partial charge is 0.242 e. The van der Waals surface area contributed by atoms with Crippen LogP contribution in [0.25, 0.3) is 0 Å². The molecule has 2 rings (SSSR count). The number of carboxylic acids is 1. The number of carbonyl (C=O) groups is 1. The minimum atomic E-state index is -3.95. The molecule has 2 aromatic rings. The van der Waals surface area contributed by atoms with Gasteiger partial charge in [-0.25, -0.2) is 13.1 Å². The zero-order valence-electron chi connectivity index (χ0n) is 10.6. The summed E-state index contributed by atoms with van der Waals surface area (Å²) in [6.07, 6.45) is 3.08. The summed E-state index contributed by atoms with van der Waals surface area (Å²) in [6, 6.07) is 6.72. The van der Waals surface area contributed by atoms with Gasteiger partial charge in [-0.3, -0.25) is 4.98 Å². The molecule has 0 bridgehead atoms. The van der Waals surface area contributed by atoms with Crippen molar-refractivity contribution in [2.24, 2.45) is 0 Å². The third-order valence-electron chi connectivity index (χ3n) is 2.65. The summed E-state index contributed by atoms with van der Waals surface area (Å²) in [5, 5.41) is 10.7. The number of nitrogens with one attached hydrogen (secondary N) is 1. The van der Waals surface area contributed by atoms with Gasteiger partial charge in [-0.2, -0.15) is 0 Å². The molecule has 0 fully saturated rings. The van der Waals surface area contributed by atoms with Crippen molar-refractivity contribution in [2.75, 3.05) is 0 Å². The minimum absolute atomic E-state index is 0.0159. The van der Waals surface area contributed by atoms with Gasteiger partial charge in [0.25, 0.3) is 0 Å². The molecule has 1 aromatic carbocycles. The van der Waals surface area contributed by atoms with Crippen LogP contribution in [0.1, 0.15) is 15.9 Å². The molecule has 0 saturated heterocycles. The van der Waals surface area contributed by atoms with E-state index in [2.05, 4.69) is 9.71 Å². The molecule has 0 atom stereocenters. The number of carbonyl (C=O) groups excluding carboxylic acids is 1. The molecule has 0 amide bonds. The number of sulfonamides is 1. The standard InChI is InChI=1S/C13H11ClN2O4S/c14-11-4-3-10(13(17)18)6-12(11)21(19,20)16-8-9-2-1-5-15-7-9/h1-7,16H,8H2,(H,17,18)/p-1. The number of rotatable bonds is 5. The van der Waals surface area contributed by atoms with Gasteiger partial charge in [0.2, 0.25) is 10.0 Å². The second-order valence-electron chi connectivity index (χ2n) is 4.12. The number of pyridine rings is 1. The predicted molar refractivity (Wildman–Crippen MR) is 74.0 cm³/mol. The molecule has 1 N–H and O–H groups in total. The van der Waals surface area contributed by atoms with Crippen molar-refractivity contribution in [1.82, 2.24) is 9.71 Å². The van der Waals surface area contributed by atoms with Crippen LogP contribution in [-0.4, -0.2) is 19.4 Å². The zero-order chi connectivity index (χ0) is 15.5. The van der Waals surface area contributed by atoms with Crippen LogP contribution in [0.2, 0.25) is 5.02 Å². The number of benzene rings is 1. The average molecular weight is 326 g/mol. The number of nitrogens with zero attached hydrogens (tertiary/aromatic N) is 1. The largest absolute Gasteiger partial charge is 0.545 e. The van der Waals surface area contributed by atoms with Gasteiger partial charge in [-0.1, -0.05) is 23.7 Å². The minimum Gasteiger partial charge on any atom is -0.545 e. The van der Waals surface area contributed by atoms with Crippen molar-refractivity contribution in [3.63, 3.8) is 0 Å². The summed E-state index contributed by atoms with van der Waals surface area (Å²) in [6.45, 7) is 0.0159. The van der Waals surface area contributed by atoms with Gasteiger partial charge in [0.1, 0.15) is 4.90 Å². The number of hydrogen-bond donors (Lipinski definition) is 1. The summed E-state index contributed by atoms with van der Waals surface area (Å²) in [5.41, 5.74) is 0.398. The molecule has 0 radical (unpaired) electrons.